The number of hydrogen-bond acceptors (Lipinski definition) is 8. The zero-order chi connectivity index (χ0) is 26.4. The molecule has 0 N–H and O–H groups in total. The number of fused-ring (bicyclic) bond motifs is 2. The molecule has 3 heterocycles. The van der Waals surface area contributed by atoms with Gasteiger partial charge in [-0.3, -0.25) is 14.2 Å². The number of carbonyl (C=O) groups is 2. The fraction of sp³-hybridized carbons (Fsp3) is 0.259. The van der Waals surface area contributed by atoms with Crippen molar-refractivity contribution in [3.63, 3.8) is 0 Å². The number of esters is 1. The number of para-hydroxylation sites is 1. The first kappa shape index (κ1) is 24.5. The van der Waals surface area contributed by atoms with Gasteiger partial charge in [0.1, 0.15) is 22.1 Å². The summed E-state index contributed by atoms with van der Waals surface area (Å²) >= 11 is 1.12. The molecule has 2 aromatic carbocycles. The Morgan fingerprint density at radius 1 is 1.11 bits per heavy atom. The second-order valence-corrected chi connectivity index (χ2v) is 9.46. The smallest absolute Gasteiger partial charge is 0.338 e. The quantitative estimate of drug-likeness (QED) is 0.479. The van der Waals surface area contributed by atoms with Crippen molar-refractivity contribution in [2.24, 2.45) is 4.99 Å². The van der Waals surface area contributed by atoms with Crippen LogP contribution in [0.15, 0.2) is 63.5 Å². The molecule has 2 aliphatic heterocycles. The summed E-state index contributed by atoms with van der Waals surface area (Å²) in [5.74, 6) is 0.129. The second-order valence-electron chi connectivity index (χ2n) is 8.49. The Labute approximate surface area is 216 Å². The van der Waals surface area contributed by atoms with Gasteiger partial charge in [0.15, 0.2) is 4.80 Å². The zero-order valence-corrected chi connectivity index (χ0v) is 21.8. The fourth-order valence-electron chi connectivity index (χ4n) is 4.78. The summed E-state index contributed by atoms with van der Waals surface area (Å²) in [5.41, 5.74) is 2.46. The van der Waals surface area contributed by atoms with Crippen LogP contribution < -0.4 is 29.3 Å². The Kier molecular flexibility index (Phi) is 6.20. The van der Waals surface area contributed by atoms with Crippen LogP contribution in [0.5, 0.6) is 11.5 Å². The van der Waals surface area contributed by atoms with Gasteiger partial charge in [0.05, 0.1) is 43.4 Å². The predicted octanol–water partition coefficient (Wildman–Crippen LogP) is 2.16. The van der Waals surface area contributed by atoms with Gasteiger partial charge in [-0.2, -0.15) is 0 Å². The molecule has 0 saturated heterocycles. The standard InChI is InChI=1S/C27H25N3O6S/c1-6-36-26(33)20-14(2)28-27-30(22(20)17-13-15(34-4)11-12-19(17)35-5)25(32)23(37-27)21-16-9-7-8-10-18(16)29(3)24(21)31/h7-13,22H,6H2,1-5H3/b23-21-/t22-/m0/s1. The van der Waals surface area contributed by atoms with Crippen LogP contribution in [0.3, 0.4) is 0 Å². The van der Waals surface area contributed by atoms with E-state index in [1.807, 2.05) is 24.3 Å². The van der Waals surface area contributed by atoms with Crippen molar-refractivity contribution in [2.45, 2.75) is 19.9 Å². The number of thiazole rings is 1. The number of allylic oxidation sites excluding steroid dienone is 1. The summed E-state index contributed by atoms with van der Waals surface area (Å²) < 4.78 is 18.1. The lowest BCUT2D eigenvalue weighted by Crippen LogP contribution is -2.41. The van der Waals surface area contributed by atoms with Crippen LogP contribution in [0.4, 0.5) is 5.69 Å². The minimum atomic E-state index is -0.904. The van der Waals surface area contributed by atoms with Crippen molar-refractivity contribution in [3.8, 4) is 11.5 Å². The summed E-state index contributed by atoms with van der Waals surface area (Å²) in [6.07, 6.45) is 0. The molecule has 0 spiro atoms. The van der Waals surface area contributed by atoms with E-state index in [0.29, 0.717) is 38.7 Å². The van der Waals surface area contributed by atoms with E-state index in [1.54, 1.807) is 39.1 Å². The van der Waals surface area contributed by atoms with Gasteiger partial charge in [0.25, 0.3) is 11.5 Å². The molecule has 0 radical (unpaired) electrons. The molecule has 190 valence electrons. The molecule has 0 bridgehead atoms. The van der Waals surface area contributed by atoms with E-state index in [2.05, 4.69) is 4.99 Å². The van der Waals surface area contributed by atoms with Crippen molar-refractivity contribution in [1.29, 1.82) is 0 Å². The van der Waals surface area contributed by atoms with Crippen LogP contribution in [0.25, 0.3) is 5.57 Å². The molecule has 10 heteroatoms. The Balaban J connectivity index is 1.87. The number of nitrogens with zero attached hydrogens (tertiary/aromatic N) is 3. The molecule has 37 heavy (non-hydrogen) atoms. The molecule has 1 aromatic heterocycles. The van der Waals surface area contributed by atoms with Gasteiger partial charge in [-0.25, -0.2) is 9.79 Å². The van der Waals surface area contributed by atoms with Gasteiger partial charge < -0.3 is 19.1 Å². The van der Waals surface area contributed by atoms with E-state index in [9.17, 15) is 14.4 Å². The molecule has 0 fully saturated rings. The van der Waals surface area contributed by atoms with E-state index in [1.165, 1.54) is 23.7 Å². The molecule has 0 saturated carbocycles. The maximum atomic E-state index is 14.1. The molecule has 0 aliphatic carbocycles. The van der Waals surface area contributed by atoms with Crippen LogP contribution in [0.1, 0.15) is 31.0 Å². The highest BCUT2D eigenvalue weighted by molar-refractivity contribution is 7.07. The Hall–Kier alpha value is -4.18. The third kappa shape index (κ3) is 3.75. The highest BCUT2D eigenvalue weighted by Gasteiger charge is 2.37. The summed E-state index contributed by atoms with van der Waals surface area (Å²) in [5, 5.41) is 0. The van der Waals surface area contributed by atoms with E-state index in [-0.39, 0.29) is 22.6 Å². The lowest BCUT2D eigenvalue weighted by molar-refractivity contribution is -0.139. The van der Waals surface area contributed by atoms with Gasteiger partial charge >= 0.3 is 5.97 Å². The molecule has 3 aromatic rings. The number of hydrogen-bond donors (Lipinski definition) is 0. The van der Waals surface area contributed by atoms with E-state index in [4.69, 9.17) is 14.2 Å². The van der Waals surface area contributed by atoms with Crippen molar-refractivity contribution in [2.75, 3.05) is 32.8 Å². The molecule has 2 aliphatic rings. The number of benzene rings is 2. The van der Waals surface area contributed by atoms with Gasteiger partial charge in [-0.15, -0.1) is 0 Å². The summed E-state index contributed by atoms with van der Waals surface area (Å²) in [6.45, 7) is 3.57. The zero-order valence-electron chi connectivity index (χ0n) is 21.0. The van der Waals surface area contributed by atoms with Gasteiger partial charge in [0, 0.05) is 18.2 Å². The molecule has 9 nitrogen and oxygen atoms in total. The topological polar surface area (TPSA) is 99.4 Å². The summed E-state index contributed by atoms with van der Waals surface area (Å²) in [4.78, 5) is 47.1. The minimum absolute atomic E-state index is 0.157. The highest BCUT2D eigenvalue weighted by Crippen LogP contribution is 2.38. The monoisotopic (exact) mass is 519 g/mol. The van der Waals surface area contributed by atoms with E-state index < -0.39 is 17.6 Å². The van der Waals surface area contributed by atoms with Crippen LogP contribution >= 0.6 is 11.3 Å². The third-order valence-electron chi connectivity index (χ3n) is 6.50. The van der Waals surface area contributed by atoms with Gasteiger partial charge in [-0.05, 0) is 38.1 Å². The maximum absolute atomic E-state index is 14.1. The predicted molar refractivity (Wildman–Crippen MR) is 139 cm³/mol. The van der Waals surface area contributed by atoms with Crippen molar-refractivity contribution in [3.05, 3.63) is 84.5 Å². The Morgan fingerprint density at radius 2 is 1.86 bits per heavy atom. The second kappa shape index (κ2) is 9.36. The van der Waals surface area contributed by atoms with Crippen LogP contribution in [0, 0.1) is 0 Å². The van der Waals surface area contributed by atoms with Gasteiger partial charge in [-0.1, -0.05) is 29.5 Å². The molecular formula is C27H25N3O6S. The third-order valence-corrected chi connectivity index (χ3v) is 7.56. The molecule has 5 rings (SSSR count). The summed E-state index contributed by atoms with van der Waals surface area (Å²) in [7, 11) is 4.73. The number of anilines is 1. The lowest BCUT2D eigenvalue weighted by atomic mass is 9.94. The molecule has 0 unspecified atom stereocenters. The van der Waals surface area contributed by atoms with Crippen LogP contribution in [0.2, 0.25) is 0 Å². The van der Waals surface area contributed by atoms with Gasteiger partial charge in [0.2, 0.25) is 0 Å². The van der Waals surface area contributed by atoms with Crippen LogP contribution in [-0.4, -0.2) is 44.3 Å². The Bertz CT molecular complexity index is 1670. The Morgan fingerprint density at radius 3 is 2.57 bits per heavy atom. The number of amides is 1. The summed E-state index contributed by atoms with van der Waals surface area (Å²) in [6, 6.07) is 11.6. The van der Waals surface area contributed by atoms with E-state index in [0.717, 1.165) is 17.0 Å². The fourth-order valence-corrected chi connectivity index (χ4v) is 5.92. The minimum Gasteiger partial charge on any atom is -0.497 e. The first-order valence-corrected chi connectivity index (χ1v) is 12.5. The van der Waals surface area contributed by atoms with Crippen molar-refractivity contribution >= 4 is 34.5 Å². The van der Waals surface area contributed by atoms with Crippen molar-refractivity contribution < 1.29 is 23.8 Å². The molecular weight excluding hydrogens is 494 g/mol. The number of ether oxygens (including phenoxy) is 3. The number of likely N-dealkylation sites (N-methyl/N-ethyl adjacent to an activating group) is 1. The SMILES string of the molecule is CCOC(=O)C1=C(C)N=c2s/c(=C3\C(=O)N(C)c4ccccc43)c(=O)n2[C@H]1c1cc(OC)ccc1OC. The number of rotatable bonds is 5. The number of aromatic nitrogens is 1. The average molecular weight is 520 g/mol. The lowest BCUT2D eigenvalue weighted by Gasteiger charge is -2.26. The van der Waals surface area contributed by atoms with E-state index >= 15 is 0 Å². The van der Waals surface area contributed by atoms with Crippen LogP contribution in [-0.2, 0) is 14.3 Å². The first-order valence-electron chi connectivity index (χ1n) is 11.6. The maximum Gasteiger partial charge on any atom is 0.338 e. The highest BCUT2D eigenvalue weighted by atomic mass is 32.1. The molecule has 1 amide bonds. The number of methoxy groups -OCH3 is 2. The largest absolute Gasteiger partial charge is 0.497 e. The average Bonchev–Trinajstić information content (AvgIpc) is 3.35. The van der Waals surface area contributed by atoms with Crippen molar-refractivity contribution in [1.82, 2.24) is 4.57 Å². The number of carbonyl (C=O) groups excluding carboxylic acids is 2. The molecule has 1 atom stereocenters. The first-order chi connectivity index (χ1) is 17.8. The normalized spacial score (nSPS) is 17.8.